The molecule has 0 spiro atoms. The highest BCUT2D eigenvalue weighted by atomic mass is 16.2. The highest BCUT2D eigenvalue weighted by Crippen LogP contribution is 2.20. The van der Waals surface area contributed by atoms with Crippen molar-refractivity contribution in [3.63, 3.8) is 0 Å². The molecule has 6 heteroatoms. The molecular formula is C25H28N4O2. The first-order chi connectivity index (χ1) is 15.1. The molecule has 4 rings (SSSR count). The highest BCUT2D eigenvalue weighted by molar-refractivity contribution is 5.97. The van der Waals surface area contributed by atoms with Crippen molar-refractivity contribution in [1.29, 1.82) is 0 Å². The van der Waals surface area contributed by atoms with Gasteiger partial charge in [-0.15, -0.1) is 0 Å². The van der Waals surface area contributed by atoms with Crippen molar-refractivity contribution in [1.82, 2.24) is 15.1 Å². The number of hydrogen-bond donors (Lipinski definition) is 2. The summed E-state index contributed by atoms with van der Waals surface area (Å²) in [6.07, 6.45) is 0. The number of rotatable bonds is 6. The number of carbonyl (C=O) groups excluding carboxylic acids is 2. The van der Waals surface area contributed by atoms with Crippen LogP contribution in [0, 0.1) is 0 Å². The fourth-order valence-corrected chi connectivity index (χ4v) is 4.06. The molecule has 1 aliphatic rings. The van der Waals surface area contributed by atoms with E-state index in [0.29, 0.717) is 17.8 Å². The maximum absolute atomic E-state index is 12.5. The van der Waals surface area contributed by atoms with Crippen molar-refractivity contribution in [3.8, 4) is 0 Å². The first kappa shape index (κ1) is 21.0. The molecule has 0 atom stereocenters. The number of fused-ring (bicyclic) bond motifs is 1. The van der Waals surface area contributed by atoms with Gasteiger partial charge >= 0.3 is 0 Å². The van der Waals surface area contributed by atoms with E-state index in [9.17, 15) is 9.59 Å². The second kappa shape index (κ2) is 9.73. The predicted octanol–water partition coefficient (Wildman–Crippen LogP) is 2.96. The van der Waals surface area contributed by atoms with Gasteiger partial charge in [-0.1, -0.05) is 48.5 Å². The summed E-state index contributed by atoms with van der Waals surface area (Å²) < 4.78 is 0. The molecule has 0 aromatic heterocycles. The lowest BCUT2D eigenvalue weighted by molar-refractivity contribution is -0.117. The quantitative estimate of drug-likeness (QED) is 0.649. The molecule has 2 N–H and O–H groups in total. The van der Waals surface area contributed by atoms with Gasteiger partial charge in [0.1, 0.15) is 0 Å². The number of piperazine rings is 1. The van der Waals surface area contributed by atoms with Gasteiger partial charge in [-0.25, -0.2) is 0 Å². The normalized spacial score (nSPS) is 15.0. The zero-order chi connectivity index (χ0) is 21.6. The Labute approximate surface area is 182 Å². The predicted molar refractivity (Wildman–Crippen MR) is 124 cm³/mol. The van der Waals surface area contributed by atoms with Crippen molar-refractivity contribution >= 4 is 28.3 Å². The maximum atomic E-state index is 12.5. The minimum atomic E-state index is -0.168. The van der Waals surface area contributed by atoms with Crippen LogP contribution in [0.3, 0.4) is 0 Å². The minimum Gasteiger partial charge on any atom is -0.355 e. The van der Waals surface area contributed by atoms with Crippen molar-refractivity contribution in [2.45, 2.75) is 6.54 Å². The van der Waals surface area contributed by atoms with Gasteiger partial charge in [0.2, 0.25) is 5.91 Å². The van der Waals surface area contributed by atoms with E-state index in [0.717, 1.165) is 32.7 Å². The second-order valence-electron chi connectivity index (χ2n) is 7.90. The van der Waals surface area contributed by atoms with E-state index in [1.54, 1.807) is 31.3 Å². The van der Waals surface area contributed by atoms with Crippen LogP contribution in [0.25, 0.3) is 10.8 Å². The molecule has 3 aromatic rings. The van der Waals surface area contributed by atoms with Crippen LogP contribution in [0.5, 0.6) is 0 Å². The van der Waals surface area contributed by atoms with E-state index in [2.05, 4.69) is 62.9 Å². The molecule has 0 saturated carbocycles. The Morgan fingerprint density at radius 1 is 0.871 bits per heavy atom. The number of benzene rings is 3. The van der Waals surface area contributed by atoms with Crippen LogP contribution in [0.1, 0.15) is 15.9 Å². The van der Waals surface area contributed by atoms with Crippen LogP contribution in [0.15, 0.2) is 66.7 Å². The topological polar surface area (TPSA) is 64.7 Å². The zero-order valence-corrected chi connectivity index (χ0v) is 17.8. The van der Waals surface area contributed by atoms with Crippen LogP contribution < -0.4 is 10.6 Å². The van der Waals surface area contributed by atoms with Crippen molar-refractivity contribution in [3.05, 3.63) is 77.9 Å². The fourth-order valence-electron chi connectivity index (χ4n) is 4.06. The lowest BCUT2D eigenvalue weighted by Crippen LogP contribution is -2.48. The summed E-state index contributed by atoms with van der Waals surface area (Å²) in [5.74, 6) is -0.227. The van der Waals surface area contributed by atoms with Gasteiger partial charge in [-0.2, -0.15) is 0 Å². The van der Waals surface area contributed by atoms with Crippen molar-refractivity contribution in [2.75, 3.05) is 45.1 Å². The van der Waals surface area contributed by atoms with Crippen LogP contribution >= 0.6 is 0 Å². The van der Waals surface area contributed by atoms with Gasteiger partial charge in [0.25, 0.3) is 5.91 Å². The molecule has 0 radical (unpaired) electrons. The number of nitrogens with one attached hydrogen (secondary N) is 2. The Hall–Kier alpha value is -3.22. The fraction of sp³-hybridized carbons (Fsp3) is 0.280. The Morgan fingerprint density at radius 2 is 1.58 bits per heavy atom. The minimum absolute atomic E-state index is 0.0587. The SMILES string of the molecule is CNC(=O)c1cccc(NC(=O)CN2CCN(Cc3cccc4ccccc34)CC2)c1. The van der Waals surface area contributed by atoms with Gasteiger partial charge in [0, 0.05) is 51.0 Å². The Balaban J connectivity index is 1.28. The summed E-state index contributed by atoms with van der Waals surface area (Å²) in [4.78, 5) is 28.9. The third-order valence-corrected chi connectivity index (χ3v) is 5.74. The van der Waals surface area contributed by atoms with E-state index in [1.807, 2.05) is 0 Å². The van der Waals surface area contributed by atoms with E-state index >= 15 is 0 Å². The van der Waals surface area contributed by atoms with E-state index in [-0.39, 0.29) is 11.8 Å². The van der Waals surface area contributed by atoms with E-state index in [4.69, 9.17) is 0 Å². The number of nitrogens with zero attached hydrogens (tertiary/aromatic N) is 2. The van der Waals surface area contributed by atoms with Gasteiger partial charge in [0.15, 0.2) is 0 Å². The largest absolute Gasteiger partial charge is 0.355 e. The van der Waals surface area contributed by atoms with E-state index < -0.39 is 0 Å². The van der Waals surface area contributed by atoms with Gasteiger partial charge < -0.3 is 10.6 Å². The van der Waals surface area contributed by atoms with Crippen LogP contribution in [0.2, 0.25) is 0 Å². The Morgan fingerprint density at radius 3 is 2.39 bits per heavy atom. The van der Waals surface area contributed by atoms with Gasteiger partial charge in [-0.05, 0) is 34.5 Å². The number of hydrogen-bond acceptors (Lipinski definition) is 4. The summed E-state index contributed by atoms with van der Waals surface area (Å²) >= 11 is 0. The summed E-state index contributed by atoms with van der Waals surface area (Å²) in [6, 6.07) is 22.0. The molecular weight excluding hydrogens is 388 g/mol. The monoisotopic (exact) mass is 416 g/mol. The molecule has 1 heterocycles. The lowest BCUT2D eigenvalue weighted by Gasteiger charge is -2.34. The molecule has 6 nitrogen and oxygen atoms in total. The summed E-state index contributed by atoms with van der Waals surface area (Å²) in [6.45, 7) is 4.86. The Bertz CT molecular complexity index is 1070. The molecule has 0 unspecified atom stereocenters. The molecule has 0 aliphatic carbocycles. The number of carbonyl (C=O) groups is 2. The summed E-state index contributed by atoms with van der Waals surface area (Å²) in [5.41, 5.74) is 2.52. The standard InChI is InChI=1S/C25H28N4O2/c1-26-25(31)20-8-5-10-22(16-20)27-24(30)18-29-14-12-28(13-15-29)17-21-9-4-7-19-6-2-3-11-23(19)21/h2-11,16H,12-15,17-18H2,1H3,(H,26,31)(H,27,30). The number of amides is 2. The molecule has 1 fully saturated rings. The van der Waals surface area contributed by atoms with Crippen molar-refractivity contribution < 1.29 is 9.59 Å². The zero-order valence-electron chi connectivity index (χ0n) is 17.8. The third kappa shape index (κ3) is 5.29. The first-order valence-corrected chi connectivity index (χ1v) is 10.7. The third-order valence-electron chi connectivity index (χ3n) is 5.74. The summed E-state index contributed by atoms with van der Waals surface area (Å²) in [7, 11) is 1.59. The highest BCUT2D eigenvalue weighted by Gasteiger charge is 2.19. The summed E-state index contributed by atoms with van der Waals surface area (Å²) in [5, 5.41) is 8.08. The number of anilines is 1. The van der Waals surface area contributed by atoms with E-state index in [1.165, 1.54) is 16.3 Å². The molecule has 1 aliphatic heterocycles. The second-order valence-corrected chi connectivity index (χ2v) is 7.90. The molecule has 3 aromatic carbocycles. The first-order valence-electron chi connectivity index (χ1n) is 10.7. The van der Waals surface area contributed by atoms with Crippen LogP contribution in [0.4, 0.5) is 5.69 Å². The van der Waals surface area contributed by atoms with Crippen LogP contribution in [-0.4, -0.2) is 61.4 Å². The smallest absolute Gasteiger partial charge is 0.251 e. The van der Waals surface area contributed by atoms with Gasteiger partial charge in [-0.3, -0.25) is 19.4 Å². The maximum Gasteiger partial charge on any atom is 0.251 e. The lowest BCUT2D eigenvalue weighted by atomic mass is 10.0. The average molecular weight is 417 g/mol. The van der Waals surface area contributed by atoms with Crippen LogP contribution in [-0.2, 0) is 11.3 Å². The molecule has 160 valence electrons. The molecule has 0 bridgehead atoms. The Kier molecular flexibility index (Phi) is 6.60. The molecule has 1 saturated heterocycles. The van der Waals surface area contributed by atoms with Gasteiger partial charge in [0.05, 0.1) is 6.54 Å². The molecule has 31 heavy (non-hydrogen) atoms. The molecule has 2 amide bonds. The average Bonchev–Trinajstić information content (AvgIpc) is 2.80. The van der Waals surface area contributed by atoms with Crippen molar-refractivity contribution in [2.24, 2.45) is 0 Å².